The molecule has 3 aromatic carbocycles. The minimum absolute atomic E-state index is 0.111. The molecule has 2 nitrogen and oxygen atoms in total. The van der Waals surface area contributed by atoms with Gasteiger partial charge in [-0.15, -0.1) is 0 Å². The Kier molecular flexibility index (Phi) is 9.16. The molecular formula is C57H56O2. The lowest BCUT2D eigenvalue weighted by Gasteiger charge is -2.42. The van der Waals surface area contributed by atoms with Crippen LogP contribution in [0, 0.1) is 17.3 Å². The Morgan fingerprint density at radius 3 is 2.02 bits per heavy atom. The second kappa shape index (κ2) is 13.9. The van der Waals surface area contributed by atoms with Crippen LogP contribution in [0.25, 0.3) is 33.4 Å². The van der Waals surface area contributed by atoms with Crippen molar-refractivity contribution in [1.29, 1.82) is 0 Å². The number of hydrogen-bond donors (Lipinski definition) is 0. The molecule has 0 amide bonds. The molecule has 59 heavy (non-hydrogen) atoms. The average Bonchev–Trinajstić information content (AvgIpc) is 3.56. The van der Waals surface area contributed by atoms with E-state index in [2.05, 4.69) is 184 Å². The SMILES string of the molecule is C=CC(=O)OCCCC(=C/C)/C=C1\C(=C)c2ccc(-c3ccc4c(c3)C(C)(C)c3cc(C5=C6C=CC7=CC(C(C)(C)C)=CC8=CC=C(C=C5)C6C87)ccc3-4)cc2C1(C)C. The molecule has 296 valence electrons. The van der Waals surface area contributed by atoms with Crippen LogP contribution in [0.2, 0.25) is 0 Å². The number of fused-ring (bicyclic) bond motifs is 4. The molecular weight excluding hydrogens is 717 g/mol. The average molecular weight is 773 g/mol. The van der Waals surface area contributed by atoms with Gasteiger partial charge in [0.05, 0.1) is 6.61 Å². The van der Waals surface area contributed by atoms with E-state index in [1.54, 1.807) is 0 Å². The quantitative estimate of drug-likeness (QED) is 0.129. The molecule has 2 atom stereocenters. The highest BCUT2D eigenvalue weighted by molar-refractivity contribution is 5.92. The van der Waals surface area contributed by atoms with Crippen molar-refractivity contribution in [2.45, 2.75) is 79.1 Å². The lowest BCUT2D eigenvalue weighted by atomic mass is 9.61. The van der Waals surface area contributed by atoms with Gasteiger partial charge in [0.25, 0.3) is 0 Å². The van der Waals surface area contributed by atoms with E-state index >= 15 is 0 Å². The summed E-state index contributed by atoms with van der Waals surface area (Å²) >= 11 is 0. The molecule has 0 saturated carbocycles. The lowest BCUT2D eigenvalue weighted by Crippen LogP contribution is -2.30. The van der Waals surface area contributed by atoms with Crippen LogP contribution < -0.4 is 0 Å². The van der Waals surface area contributed by atoms with Gasteiger partial charge in [-0.3, -0.25) is 0 Å². The normalized spacial score (nSPS) is 22.2. The van der Waals surface area contributed by atoms with E-state index in [0.29, 0.717) is 18.4 Å². The van der Waals surface area contributed by atoms with Crippen molar-refractivity contribution in [3.8, 4) is 22.3 Å². The van der Waals surface area contributed by atoms with Crippen LogP contribution in [0.1, 0.15) is 96.0 Å². The molecule has 6 aliphatic rings. The first kappa shape index (κ1) is 38.8. The Labute approximate surface area is 351 Å². The van der Waals surface area contributed by atoms with Gasteiger partial charge in [0.1, 0.15) is 0 Å². The second-order valence-electron chi connectivity index (χ2n) is 19.2. The van der Waals surface area contributed by atoms with Gasteiger partial charge >= 0.3 is 5.97 Å². The summed E-state index contributed by atoms with van der Waals surface area (Å²) in [5.41, 5.74) is 23.5. The molecule has 0 radical (unpaired) electrons. The van der Waals surface area contributed by atoms with Crippen LogP contribution in [0.15, 0.2) is 174 Å². The maximum Gasteiger partial charge on any atom is 0.330 e. The summed E-state index contributed by atoms with van der Waals surface area (Å²) in [7, 11) is 0. The summed E-state index contributed by atoms with van der Waals surface area (Å²) in [5.74, 6) is 0.342. The molecule has 6 aliphatic carbocycles. The largest absolute Gasteiger partial charge is 0.463 e. The van der Waals surface area contributed by atoms with E-state index < -0.39 is 0 Å². The maximum absolute atomic E-state index is 11.5. The van der Waals surface area contributed by atoms with Gasteiger partial charge in [-0.25, -0.2) is 4.79 Å². The molecule has 0 fully saturated rings. The van der Waals surface area contributed by atoms with E-state index in [-0.39, 0.29) is 22.2 Å². The highest BCUT2D eigenvalue weighted by Gasteiger charge is 2.42. The van der Waals surface area contributed by atoms with Crippen LogP contribution in [0.3, 0.4) is 0 Å². The van der Waals surface area contributed by atoms with Gasteiger partial charge < -0.3 is 4.74 Å². The second-order valence-corrected chi connectivity index (χ2v) is 19.2. The Bertz CT molecular complexity index is 2690. The third-order valence-corrected chi connectivity index (χ3v) is 14.0. The van der Waals surface area contributed by atoms with Crippen LogP contribution in [-0.2, 0) is 20.4 Å². The highest BCUT2D eigenvalue weighted by Crippen LogP contribution is 2.55. The first-order chi connectivity index (χ1) is 28.1. The van der Waals surface area contributed by atoms with Crippen LogP contribution in [-0.4, -0.2) is 12.6 Å². The Balaban J connectivity index is 1.01. The van der Waals surface area contributed by atoms with E-state index in [0.717, 1.165) is 18.4 Å². The maximum atomic E-state index is 11.5. The predicted octanol–water partition coefficient (Wildman–Crippen LogP) is 14.3. The molecule has 2 unspecified atom stereocenters. The smallest absolute Gasteiger partial charge is 0.330 e. The molecule has 0 N–H and O–H groups in total. The van der Waals surface area contributed by atoms with Crippen molar-refractivity contribution < 1.29 is 9.53 Å². The van der Waals surface area contributed by atoms with Gasteiger partial charge in [0, 0.05) is 28.7 Å². The molecule has 3 aromatic rings. The molecule has 9 rings (SSSR count). The number of esters is 1. The zero-order chi connectivity index (χ0) is 41.6. The standard InChI is InChI=1S/C57H56O2/c1-11-35(14-13-27-59-52(58)12-2)28-48-34(3)43-22-18-37(31-49(43)56(48,7)8)38-19-24-45-46-25-20-39(33-51(46)57(9,10)50(45)32-38)44-23-17-36-15-16-40-29-42(55(4,5)6)30-41-21-26-47(44)54(36)53(40)41/h11-12,15-26,28-33,53-54H,2-3,13-14,27H2,1,4-10H3/b35-11-,48-28+. The first-order valence-electron chi connectivity index (χ1n) is 21.4. The van der Waals surface area contributed by atoms with Gasteiger partial charge in [-0.1, -0.05) is 164 Å². The van der Waals surface area contributed by atoms with E-state index in [1.165, 1.54) is 101 Å². The molecule has 0 saturated heterocycles. The van der Waals surface area contributed by atoms with Crippen molar-refractivity contribution in [2.75, 3.05) is 6.61 Å². The van der Waals surface area contributed by atoms with Gasteiger partial charge in [0.2, 0.25) is 0 Å². The summed E-state index contributed by atoms with van der Waals surface area (Å²) in [6, 6.07) is 21.2. The highest BCUT2D eigenvalue weighted by atomic mass is 16.5. The summed E-state index contributed by atoms with van der Waals surface area (Å²) in [5, 5.41) is 0. The van der Waals surface area contributed by atoms with Crippen molar-refractivity contribution in [2.24, 2.45) is 17.3 Å². The number of rotatable bonds is 8. The molecule has 0 aliphatic heterocycles. The van der Waals surface area contributed by atoms with Gasteiger partial charge in [0.15, 0.2) is 0 Å². The third-order valence-electron chi connectivity index (χ3n) is 14.0. The molecule has 0 bridgehead atoms. The van der Waals surface area contributed by atoms with E-state index in [4.69, 9.17) is 4.74 Å². The Hall–Kier alpha value is -5.73. The van der Waals surface area contributed by atoms with Crippen molar-refractivity contribution in [3.63, 3.8) is 0 Å². The number of carbonyl (C=O) groups is 1. The number of allylic oxidation sites excluding steroid dienone is 19. The van der Waals surface area contributed by atoms with Crippen molar-refractivity contribution in [1.82, 2.24) is 0 Å². The summed E-state index contributed by atoms with van der Waals surface area (Å²) in [4.78, 5) is 11.5. The zero-order valence-electron chi connectivity index (χ0n) is 36.1. The fourth-order valence-electron chi connectivity index (χ4n) is 10.5. The molecule has 0 aromatic heterocycles. The third kappa shape index (κ3) is 6.26. The van der Waals surface area contributed by atoms with Gasteiger partial charge in [-0.2, -0.15) is 0 Å². The van der Waals surface area contributed by atoms with Crippen LogP contribution in [0.4, 0.5) is 0 Å². The van der Waals surface area contributed by atoms with Crippen molar-refractivity contribution >= 4 is 17.1 Å². The first-order valence-corrected chi connectivity index (χ1v) is 21.4. The van der Waals surface area contributed by atoms with E-state index in [1.807, 2.05) is 0 Å². The van der Waals surface area contributed by atoms with E-state index in [9.17, 15) is 4.79 Å². The number of benzene rings is 3. The minimum atomic E-state index is -0.375. The zero-order valence-corrected chi connectivity index (χ0v) is 36.1. The monoisotopic (exact) mass is 772 g/mol. The predicted molar refractivity (Wildman–Crippen MR) is 248 cm³/mol. The molecule has 0 heterocycles. The Morgan fingerprint density at radius 2 is 1.36 bits per heavy atom. The Morgan fingerprint density at radius 1 is 0.746 bits per heavy atom. The summed E-state index contributed by atoms with van der Waals surface area (Å²) in [6.07, 6.45) is 26.4. The number of ether oxygens (including phenoxy) is 1. The fraction of sp³-hybridized carbons (Fsp3) is 0.281. The molecule has 2 heteroatoms. The summed E-state index contributed by atoms with van der Waals surface area (Å²) in [6.45, 7) is 26.9. The fourth-order valence-corrected chi connectivity index (χ4v) is 10.5. The summed E-state index contributed by atoms with van der Waals surface area (Å²) < 4.78 is 5.23. The number of carbonyl (C=O) groups excluding carboxylic acids is 1. The lowest BCUT2D eigenvalue weighted by molar-refractivity contribution is -0.137. The van der Waals surface area contributed by atoms with Crippen molar-refractivity contribution in [3.05, 3.63) is 201 Å². The van der Waals surface area contributed by atoms with Crippen LogP contribution in [0.5, 0.6) is 0 Å². The minimum Gasteiger partial charge on any atom is -0.463 e. The number of hydrogen-bond acceptors (Lipinski definition) is 2. The molecule has 0 spiro atoms. The van der Waals surface area contributed by atoms with Crippen LogP contribution >= 0.6 is 0 Å². The van der Waals surface area contributed by atoms with Gasteiger partial charge in [-0.05, 0) is 138 Å². The topological polar surface area (TPSA) is 26.3 Å².